The summed E-state index contributed by atoms with van der Waals surface area (Å²) in [6.45, 7) is 2.04. The van der Waals surface area contributed by atoms with Gasteiger partial charge in [0.05, 0.1) is 29.0 Å². The number of rotatable bonds is 8. The van der Waals surface area contributed by atoms with Gasteiger partial charge in [0.2, 0.25) is 5.91 Å². The lowest BCUT2D eigenvalue weighted by atomic mass is 10.1. The van der Waals surface area contributed by atoms with Crippen molar-refractivity contribution < 1.29 is 14.3 Å². The van der Waals surface area contributed by atoms with E-state index in [9.17, 15) is 14.4 Å². The van der Waals surface area contributed by atoms with E-state index in [-0.39, 0.29) is 23.8 Å². The quantitative estimate of drug-likeness (QED) is 0.0793. The van der Waals surface area contributed by atoms with Crippen molar-refractivity contribution in [2.24, 2.45) is 0 Å². The first kappa shape index (κ1) is 29.6. The summed E-state index contributed by atoms with van der Waals surface area (Å²) in [6, 6.07) is 16.7. The predicted molar refractivity (Wildman–Crippen MR) is 177 cm³/mol. The number of aromatic nitrogens is 2. The van der Waals surface area contributed by atoms with Gasteiger partial charge in [-0.1, -0.05) is 60.1 Å². The maximum Gasteiger partial charge on any atom is 0.341 e. The minimum Gasteiger partial charge on any atom is -0.462 e. The van der Waals surface area contributed by atoms with Crippen molar-refractivity contribution in [3.8, 4) is 16.8 Å². The number of para-hydroxylation sites is 1. The molecule has 2 aromatic carbocycles. The summed E-state index contributed by atoms with van der Waals surface area (Å²) in [6.07, 6.45) is 4.88. The summed E-state index contributed by atoms with van der Waals surface area (Å²) in [5, 5.41) is 6.98. The number of anilines is 1. The molecule has 0 aliphatic heterocycles. The predicted octanol–water partition coefficient (Wildman–Crippen LogP) is 8.01. The average Bonchev–Trinajstić information content (AvgIpc) is 3.50. The molecule has 5 aromatic rings. The molecule has 1 aliphatic carbocycles. The van der Waals surface area contributed by atoms with Crippen LogP contribution < -0.4 is 10.9 Å². The lowest BCUT2D eigenvalue weighted by molar-refractivity contribution is -0.113. The SMILES string of the molecule is CCOC(=O)c1c(NC(=O)CSc2nc3scc(-c4ccc(Cl)cc4)c3c(=O)n2-c2ccccc2)sc2c1CCCCC2. The first-order valence-corrected chi connectivity index (χ1v) is 17.1. The Hall–Kier alpha value is -3.44. The summed E-state index contributed by atoms with van der Waals surface area (Å²) in [5.74, 6) is -0.677. The molecule has 0 atom stereocenters. The van der Waals surface area contributed by atoms with Gasteiger partial charge in [0.1, 0.15) is 9.83 Å². The van der Waals surface area contributed by atoms with E-state index in [0.717, 1.165) is 53.7 Å². The Morgan fingerprint density at radius 3 is 2.60 bits per heavy atom. The maximum atomic E-state index is 14.1. The molecule has 1 N–H and O–H groups in total. The molecule has 0 radical (unpaired) electrons. The highest BCUT2D eigenvalue weighted by Gasteiger charge is 2.27. The highest BCUT2D eigenvalue weighted by atomic mass is 35.5. The Kier molecular flexibility index (Phi) is 8.99. The van der Waals surface area contributed by atoms with Crippen molar-refractivity contribution in [3.05, 3.63) is 91.4 Å². The fraction of sp³-hybridized carbons (Fsp3) is 0.250. The van der Waals surface area contributed by atoms with Crippen LogP contribution in [-0.2, 0) is 22.4 Å². The van der Waals surface area contributed by atoms with E-state index < -0.39 is 5.97 Å². The molecule has 7 nitrogen and oxygen atoms in total. The number of aryl methyl sites for hydroxylation is 1. The number of benzene rings is 2. The molecular formula is C32H28ClN3O4S3. The molecule has 11 heteroatoms. The van der Waals surface area contributed by atoms with E-state index in [0.29, 0.717) is 36.6 Å². The molecule has 1 amide bonds. The van der Waals surface area contributed by atoms with Gasteiger partial charge in [0, 0.05) is 20.8 Å². The van der Waals surface area contributed by atoms with E-state index >= 15 is 0 Å². The summed E-state index contributed by atoms with van der Waals surface area (Å²) in [4.78, 5) is 46.9. The number of esters is 1. The number of ether oxygens (including phenoxy) is 1. The van der Waals surface area contributed by atoms with Crippen LogP contribution in [0, 0.1) is 0 Å². The summed E-state index contributed by atoms with van der Waals surface area (Å²) >= 11 is 10.1. The second kappa shape index (κ2) is 13.1. The van der Waals surface area contributed by atoms with Crippen LogP contribution in [0.15, 0.2) is 69.9 Å². The van der Waals surface area contributed by atoms with Crippen molar-refractivity contribution in [1.82, 2.24) is 9.55 Å². The van der Waals surface area contributed by atoms with Crippen LogP contribution in [-0.4, -0.2) is 33.8 Å². The van der Waals surface area contributed by atoms with Crippen LogP contribution in [0.5, 0.6) is 0 Å². The smallest absolute Gasteiger partial charge is 0.341 e. The van der Waals surface area contributed by atoms with Gasteiger partial charge in [-0.25, -0.2) is 9.78 Å². The number of thiophene rings is 2. The molecule has 0 fully saturated rings. The molecular weight excluding hydrogens is 622 g/mol. The Bertz CT molecular complexity index is 1860. The van der Waals surface area contributed by atoms with E-state index in [2.05, 4.69) is 5.32 Å². The topological polar surface area (TPSA) is 90.3 Å². The van der Waals surface area contributed by atoms with Crippen LogP contribution in [0.25, 0.3) is 27.0 Å². The lowest BCUT2D eigenvalue weighted by Crippen LogP contribution is -2.23. The number of nitrogens with one attached hydrogen (secondary N) is 1. The van der Waals surface area contributed by atoms with Crippen LogP contribution in [0.2, 0.25) is 5.02 Å². The van der Waals surface area contributed by atoms with E-state index in [1.165, 1.54) is 34.4 Å². The van der Waals surface area contributed by atoms with Crippen LogP contribution in [0.3, 0.4) is 0 Å². The monoisotopic (exact) mass is 649 g/mol. The van der Waals surface area contributed by atoms with Crippen molar-refractivity contribution in [2.45, 2.75) is 44.2 Å². The molecule has 3 aromatic heterocycles. The second-order valence-electron chi connectivity index (χ2n) is 10.0. The van der Waals surface area contributed by atoms with Gasteiger partial charge in [-0.2, -0.15) is 0 Å². The summed E-state index contributed by atoms with van der Waals surface area (Å²) < 4.78 is 6.92. The number of amides is 1. The van der Waals surface area contributed by atoms with Crippen LogP contribution in [0.1, 0.15) is 47.0 Å². The molecule has 0 spiro atoms. The number of hydrogen-bond acceptors (Lipinski definition) is 8. The third-order valence-electron chi connectivity index (χ3n) is 7.23. The normalized spacial score (nSPS) is 13.0. The van der Waals surface area contributed by atoms with Crippen molar-refractivity contribution in [2.75, 3.05) is 17.7 Å². The lowest BCUT2D eigenvalue weighted by Gasteiger charge is -2.13. The largest absolute Gasteiger partial charge is 0.462 e. The van der Waals surface area contributed by atoms with E-state index in [1.807, 2.05) is 47.8 Å². The number of halogens is 1. The highest BCUT2D eigenvalue weighted by Crippen LogP contribution is 2.38. The maximum absolute atomic E-state index is 14.1. The molecule has 0 saturated carbocycles. The van der Waals surface area contributed by atoms with Gasteiger partial charge in [-0.05, 0) is 68.0 Å². The number of nitrogens with zero attached hydrogens (tertiary/aromatic N) is 2. The number of carbonyl (C=O) groups excluding carboxylic acids is 2. The average molecular weight is 650 g/mol. The Morgan fingerprint density at radius 1 is 1.07 bits per heavy atom. The van der Waals surface area contributed by atoms with Gasteiger partial charge >= 0.3 is 5.97 Å². The third kappa shape index (κ3) is 6.15. The number of fused-ring (bicyclic) bond motifs is 2. The molecule has 0 unspecified atom stereocenters. The standard InChI is InChI=1S/C32H28ClN3O4S3/c1-2-40-31(39)27-22-11-7-4-8-12-24(22)43-29(27)34-25(37)18-42-32-35-28-26(30(38)36(32)21-9-5-3-6-10-21)23(17-41-28)19-13-15-20(33)16-14-19/h3,5-6,9-10,13-17H,2,4,7-8,11-12,18H2,1H3,(H,34,37). The molecule has 0 bridgehead atoms. The fourth-order valence-corrected chi connectivity index (χ4v) is 8.48. The van der Waals surface area contributed by atoms with Gasteiger partial charge < -0.3 is 10.1 Å². The van der Waals surface area contributed by atoms with Gasteiger partial charge in [-0.3, -0.25) is 14.2 Å². The van der Waals surface area contributed by atoms with Crippen molar-refractivity contribution in [1.29, 1.82) is 0 Å². The first-order chi connectivity index (χ1) is 20.9. The van der Waals surface area contributed by atoms with E-state index in [1.54, 1.807) is 23.6 Å². The second-order valence-corrected chi connectivity index (χ2v) is 13.4. The molecule has 220 valence electrons. The number of hydrogen-bond donors (Lipinski definition) is 1. The van der Waals surface area contributed by atoms with Gasteiger partial charge in [0.25, 0.3) is 5.56 Å². The van der Waals surface area contributed by atoms with E-state index in [4.69, 9.17) is 21.3 Å². The fourth-order valence-electron chi connectivity index (χ4n) is 5.26. The number of carbonyl (C=O) groups is 2. The molecule has 0 saturated heterocycles. The van der Waals surface area contributed by atoms with Crippen molar-refractivity contribution >= 4 is 73.1 Å². The minimum absolute atomic E-state index is 0.00499. The van der Waals surface area contributed by atoms with Gasteiger partial charge in [-0.15, -0.1) is 22.7 Å². The van der Waals surface area contributed by atoms with Crippen LogP contribution in [0.4, 0.5) is 5.00 Å². The van der Waals surface area contributed by atoms with Gasteiger partial charge in [0.15, 0.2) is 5.16 Å². The minimum atomic E-state index is -0.399. The summed E-state index contributed by atoms with van der Waals surface area (Å²) in [5.41, 5.74) is 3.60. The zero-order chi connectivity index (χ0) is 29.9. The first-order valence-electron chi connectivity index (χ1n) is 14.0. The third-order valence-corrected chi connectivity index (χ3v) is 10.5. The van der Waals surface area contributed by atoms with Crippen LogP contribution >= 0.6 is 46.0 Å². The Labute approximate surface area is 265 Å². The molecule has 3 heterocycles. The number of thioether (sulfide) groups is 1. The Morgan fingerprint density at radius 2 is 1.84 bits per heavy atom. The molecule has 43 heavy (non-hydrogen) atoms. The molecule has 1 aliphatic rings. The zero-order valence-corrected chi connectivity index (χ0v) is 26.6. The molecule has 6 rings (SSSR count). The highest BCUT2D eigenvalue weighted by molar-refractivity contribution is 7.99. The Balaban J connectivity index is 1.32. The zero-order valence-electron chi connectivity index (χ0n) is 23.4. The van der Waals surface area contributed by atoms with Crippen molar-refractivity contribution in [3.63, 3.8) is 0 Å². The summed E-state index contributed by atoms with van der Waals surface area (Å²) in [7, 11) is 0.